The SMILES string of the molecule is CN(CC(=O)NCc1ccccc1Cl)Cc1ccc(Br)s1. The lowest BCUT2D eigenvalue weighted by atomic mass is 10.2. The molecule has 1 heterocycles. The number of hydrogen-bond donors (Lipinski definition) is 1. The molecule has 0 bridgehead atoms. The summed E-state index contributed by atoms with van der Waals surface area (Å²) in [6.07, 6.45) is 0. The number of halogens is 2. The predicted molar refractivity (Wildman–Crippen MR) is 91.7 cm³/mol. The molecule has 1 aromatic carbocycles. The molecule has 112 valence electrons. The monoisotopic (exact) mass is 386 g/mol. The molecule has 0 aliphatic carbocycles. The lowest BCUT2D eigenvalue weighted by Gasteiger charge is -2.15. The number of carbonyl (C=O) groups excluding carboxylic acids is 1. The van der Waals surface area contributed by atoms with Crippen LogP contribution in [0.2, 0.25) is 5.02 Å². The first-order valence-electron chi connectivity index (χ1n) is 6.47. The van der Waals surface area contributed by atoms with Crippen molar-refractivity contribution in [2.24, 2.45) is 0 Å². The van der Waals surface area contributed by atoms with Gasteiger partial charge in [0, 0.05) is 23.0 Å². The van der Waals surface area contributed by atoms with Gasteiger partial charge in [-0.2, -0.15) is 0 Å². The highest BCUT2D eigenvalue weighted by Crippen LogP contribution is 2.22. The molecule has 1 aromatic heterocycles. The second-order valence-electron chi connectivity index (χ2n) is 4.75. The molecular formula is C15H16BrClN2OS. The highest BCUT2D eigenvalue weighted by molar-refractivity contribution is 9.11. The van der Waals surface area contributed by atoms with Gasteiger partial charge in [-0.1, -0.05) is 29.8 Å². The molecule has 0 saturated carbocycles. The maximum atomic E-state index is 11.9. The van der Waals surface area contributed by atoms with Crippen molar-refractivity contribution < 1.29 is 4.79 Å². The van der Waals surface area contributed by atoms with Gasteiger partial charge in [0.05, 0.1) is 10.3 Å². The second-order valence-corrected chi connectivity index (χ2v) is 7.70. The summed E-state index contributed by atoms with van der Waals surface area (Å²) < 4.78 is 1.11. The van der Waals surface area contributed by atoms with Gasteiger partial charge in [-0.05, 0) is 46.7 Å². The lowest BCUT2D eigenvalue weighted by Crippen LogP contribution is -2.34. The third-order valence-corrected chi connectivity index (χ3v) is 4.88. The predicted octanol–water partition coefficient (Wildman–Crippen LogP) is 3.91. The maximum absolute atomic E-state index is 11.9. The van der Waals surface area contributed by atoms with Gasteiger partial charge >= 0.3 is 0 Å². The molecular weight excluding hydrogens is 372 g/mol. The Hall–Kier alpha value is -0.880. The van der Waals surface area contributed by atoms with Crippen LogP contribution in [0.15, 0.2) is 40.2 Å². The molecule has 6 heteroatoms. The minimum absolute atomic E-state index is 0.00644. The molecule has 21 heavy (non-hydrogen) atoms. The van der Waals surface area contributed by atoms with Gasteiger partial charge in [0.15, 0.2) is 0 Å². The molecule has 0 atom stereocenters. The van der Waals surface area contributed by atoms with E-state index in [-0.39, 0.29) is 5.91 Å². The zero-order valence-electron chi connectivity index (χ0n) is 11.6. The number of rotatable bonds is 6. The van der Waals surface area contributed by atoms with E-state index in [9.17, 15) is 4.79 Å². The van der Waals surface area contributed by atoms with Crippen molar-refractivity contribution >= 4 is 44.8 Å². The smallest absolute Gasteiger partial charge is 0.234 e. The van der Waals surface area contributed by atoms with Crippen LogP contribution in [0.25, 0.3) is 0 Å². The molecule has 2 rings (SSSR count). The van der Waals surface area contributed by atoms with E-state index in [1.165, 1.54) is 4.88 Å². The number of hydrogen-bond acceptors (Lipinski definition) is 3. The Morgan fingerprint density at radius 2 is 2.10 bits per heavy atom. The van der Waals surface area contributed by atoms with E-state index < -0.39 is 0 Å². The number of nitrogens with one attached hydrogen (secondary N) is 1. The number of thiophene rings is 1. The van der Waals surface area contributed by atoms with Crippen LogP contribution in [0.1, 0.15) is 10.4 Å². The number of amides is 1. The Bertz CT molecular complexity index is 617. The summed E-state index contributed by atoms with van der Waals surface area (Å²) >= 11 is 11.2. The third kappa shape index (κ3) is 5.43. The Labute approximate surface area is 142 Å². The summed E-state index contributed by atoms with van der Waals surface area (Å²) in [5.41, 5.74) is 0.928. The zero-order valence-corrected chi connectivity index (χ0v) is 14.8. The molecule has 2 aromatic rings. The van der Waals surface area contributed by atoms with Gasteiger partial charge in [0.2, 0.25) is 5.91 Å². The molecule has 0 aliphatic rings. The average molecular weight is 388 g/mol. The Balaban J connectivity index is 1.77. The van der Waals surface area contributed by atoms with E-state index in [1.807, 2.05) is 42.3 Å². The minimum atomic E-state index is -0.00644. The van der Waals surface area contributed by atoms with Crippen molar-refractivity contribution in [1.82, 2.24) is 10.2 Å². The van der Waals surface area contributed by atoms with Gasteiger partial charge in [-0.3, -0.25) is 9.69 Å². The molecule has 0 spiro atoms. The van der Waals surface area contributed by atoms with Crippen molar-refractivity contribution in [3.63, 3.8) is 0 Å². The van der Waals surface area contributed by atoms with Crippen molar-refractivity contribution in [2.45, 2.75) is 13.1 Å². The molecule has 3 nitrogen and oxygen atoms in total. The summed E-state index contributed by atoms with van der Waals surface area (Å²) in [5.74, 6) is -0.00644. The Morgan fingerprint density at radius 1 is 1.33 bits per heavy atom. The summed E-state index contributed by atoms with van der Waals surface area (Å²) in [6, 6.07) is 11.6. The van der Waals surface area contributed by atoms with Crippen LogP contribution in [0.4, 0.5) is 0 Å². The van der Waals surface area contributed by atoms with Crippen LogP contribution in [0.5, 0.6) is 0 Å². The summed E-state index contributed by atoms with van der Waals surface area (Å²) in [5, 5.41) is 3.57. The average Bonchev–Trinajstić information content (AvgIpc) is 2.83. The number of nitrogens with zero attached hydrogens (tertiary/aromatic N) is 1. The zero-order chi connectivity index (χ0) is 15.2. The van der Waals surface area contributed by atoms with Crippen LogP contribution in [-0.2, 0) is 17.9 Å². The second kappa shape index (κ2) is 7.94. The maximum Gasteiger partial charge on any atom is 0.234 e. The molecule has 1 amide bonds. The molecule has 1 N–H and O–H groups in total. The molecule has 0 radical (unpaired) electrons. The summed E-state index contributed by atoms with van der Waals surface area (Å²) in [4.78, 5) is 15.1. The van der Waals surface area contributed by atoms with Gasteiger partial charge in [0.25, 0.3) is 0 Å². The van der Waals surface area contributed by atoms with Crippen LogP contribution in [-0.4, -0.2) is 24.4 Å². The fourth-order valence-electron chi connectivity index (χ4n) is 1.90. The van der Waals surface area contributed by atoms with E-state index in [2.05, 4.69) is 27.3 Å². The Kier molecular flexibility index (Phi) is 6.23. The van der Waals surface area contributed by atoms with E-state index in [1.54, 1.807) is 11.3 Å². The van der Waals surface area contributed by atoms with Crippen molar-refractivity contribution in [1.29, 1.82) is 0 Å². The van der Waals surface area contributed by atoms with E-state index in [0.29, 0.717) is 18.1 Å². The van der Waals surface area contributed by atoms with E-state index >= 15 is 0 Å². The van der Waals surface area contributed by atoms with Crippen LogP contribution in [0.3, 0.4) is 0 Å². The quantitative estimate of drug-likeness (QED) is 0.815. The van der Waals surface area contributed by atoms with Crippen molar-refractivity contribution in [3.8, 4) is 0 Å². The first kappa shape index (κ1) is 16.5. The summed E-state index contributed by atoms with van der Waals surface area (Å²) in [7, 11) is 1.93. The fraction of sp³-hybridized carbons (Fsp3) is 0.267. The minimum Gasteiger partial charge on any atom is -0.351 e. The number of benzene rings is 1. The van der Waals surface area contributed by atoms with E-state index in [0.717, 1.165) is 15.9 Å². The molecule has 0 aliphatic heterocycles. The normalized spacial score (nSPS) is 10.9. The fourth-order valence-corrected chi connectivity index (χ4v) is 3.66. The summed E-state index contributed by atoms with van der Waals surface area (Å²) in [6.45, 7) is 1.58. The van der Waals surface area contributed by atoms with Crippen LogP contribution >= 0.6 is 38.9 Å². The molecule has 0 saturated heterocycles. The topological polar surface area (TPSA) is 32.3 Å². The first-order chi connectivity index (χ1) is 10.0. The molecule has 0 unspecified atom stereocenters. The number of likely N-dealkylation sites (N-methyl/N-ethyl adjacent to an activating group) is 1. The lowest BCUT2D eigenvalue weighted by molar-refractivity contribution is -0.122. The van der Waals surface area contributed by atoms with Gasteiger partial charge in [-0.15, -0.1) is 11.3 Å². The van der Waals surface area contributed by atoms with Crippen LogP contribution < -0.4 is 5.32 Å². The molecule has 0 fully saturated rings. The van der Waals surface area contributed by atoms with Gasteiger partial charge in [0.1, 0.15) is 0 Å². The van der Waals surface area contributed by atoms with Crippen molar-refractivity contribution in [3.05, 3.63) is 55.6 Å². The van der Waals surface area contributed by atoms with E-state index in [4.69, 9.17) is 11.6 Å². The third-order valence-electron chi connectivity index (χ3n) is 2.90. The van der Waals surface area contributed by atoms with Gasteiger partial charge in [-0.25, -0.2) is 0 Å². The highest BCUT2D eigenvalue weighted by atomic mass is 79.9. The van der Waals surface area contributed by atoms with Crippen molar-refractivity contribution in [2.75, 3.05) is 13.6 Å². The Morgan fingerprint density at radius 3 is 2.76 bits per heavy atom. The number of carbonyl (C=O) groups is 1. The highest BCUT2D eigenvalue weighted by Gasteiger charge is 2.09. The standard InChI is InChI=1S/C15H16BrClN2OS/c1-19(9-12-6-7-14(16)21-12)10-15(20)18-8-11-4-2-3-5-13(11)17/h2-7H,8-10H2,1H3,(H,18,20). The largest absolute Gasteiger partial charge is 0.351 e. The van der Waals surface area contributed by atoms with Gasteiger partial charge < -0.3 is 5.32 Å². The van der Waals surface area contributed by atoms with Crippen LogP contribution in [0, 0.1) is 0 Å². The first-order valence-corrected chi connectivity index (χ1v) is 8.46.